The van der Waals surface area contributed by atoms with Crippen LogP contribution in [0.2, 0.25) is 0 Å². The Morgan fingerprint density at radius 1 is 0.288 bits per heavy atom. The quantitative estimate of drug-likeness (QED) is 0.0262. The van der Waals surface area contributed by atoms with Crippen LogP contribution in [0.3, 0.4) is 0 Å². The SMILES string of the molecule is CCCCCCCCCC/C=C\CCCCCCCCCCCCCCCC(=O)OCC(COC(=O)CCCCCCCCCC)OC(=O)CCCCCCCCCCCCCCCCC. The number of esters is 3. The predicted octanol–water partition coefficient (Wildman–Crippen LogP) is 19.7. The van der Waals surface area contributed by atoms with Crippen LogP contribution in [0.1, 0.15) is 335 Å². The lowest BCUT2D eigenvalue weighted by Gasteiger charge is -2.18. The second-order valence-corrected chi connectivity index (χ2v) is 20.3. The van der Waals surface area contributed by atoms with Gasteiger partial charge in [-0.3, -0.25) is 14.4 Å². The van der Waals surface area contributed by atoms with Crippen LogP contribution in [0.15, 0.2) is 12.2 Å². The summed E-state index contributed by atoms with van der Waals surface area (Å²) in [4.78, 5) is 38.0. The van der Waals surface area contributed by atoms with Crippen molar-refractivity contribution in [3.8, 4) is 0 Å². The largest absolute Gasteiger partial charge is 0.462 e. The fraction of sp³-hybridized carbons (Fsp3) is 0.917. The third-order valence-electron chi connectivity index (χ3n) is 13.5. The summed E-state index contributed by atoms with van der Waals surface area (Å²) in [6, 6.07) is 0. The molecule has 0 saturated heterocycles. The molecule has 0 N–H and O–H groups in total. The number of carbonyl (C=O) groups is 3. The second-order valence-electron chi connectivity index (χ2n) is 20.3. The average Bonchev–Trinajstić information content (AvgIpc) is 3.31. The summed E-state index contributed by atoms with van der Waals surface area (Å²) in [5, 5.41) is 0. The van der Waals surface area contributed by atoms with Crippen molar-refractivity contribution in [3.05, 3.63) is 12.2 Å². The molecule has 0 aromatic carbocycles. The molecule has 1 atom stereocenters. The molecular weight excluding hydrogens is 817 g/mol. The first-order chi connectivity index (χ1) is 32.5. The summed E-state index contributed by atoms with van der Waals surface area (Å²) < 4.78 is 16.8. The monoisotopic (exact) mass is 931 g/mol. The summed E-state index contributed by atoms with van der Waals surface area (Å²) in [5.41, 5.74) is 0. The topological polar surface area (TPSA) is 78.9 Å². The molecule has 0 radical (unpaired) electrons. The van der Waals surface area contributed by atoms with Crippen molar-refractivity contribution < 1.29 is 28.6 Å². The molecule has 66 heavy (non-hydrogen) atoms. The van der Waals surface area contributed by atoms with Crippen LogP contribution in [0.25, 0.3) is 0 Å². The van der Waals surface area contributed by atoms with E-state index < -0.39 is 6.10 Å². The molecule has 6 heteroatoms. The number of carbonyl (C=O) groups excluding carboxylic acids is 3. The number of ether oxygens (including phenoxy) is 3. The molecule has 0 fully saturated rings. The zero-order chi connectivity index (χ0) is 47.9. The minimum absolute atomic E-state index is 0.0642. The van der Waals surface area contributed by atoms with Crippen molar-refractivity contribution in [2.24, 2.45) is 0 Å². The molecule has 0 heterocycles. The molecule has 6 nitrogen and oxygen atoms in total. The Morgan fingerprint density at radius 3 is 0.758 bits per heavy atom. The molecule has 390 valence electrons. The molecule has 0 spiro atoms. The van der Waals surface area contributed by atoms with E-state index in [0.717, 1.165) is 57.8 Å². The van der Waals surface area contributed by atoms with Gasteiger partial charge in [-0.25, -0.2) is 0 Å². The van der Waals surface area contributed by atoms with E-state index in [-0.39, 0.29) is 31.1 Å². The molecule has 0 aliphatic heterocycles. The minimum atomic E-state index is -0.762. The van der Waals surface area contributed by atoms with Crippen molar-refractivity contribution in [2.75, 3.05) is 13.2 Å². The van der Waals surface area contributed by atoms with E-state index in [4.69, 9.17) is 14.2 Å². The van der Waals surface area contributed by atoms with Gasteiger partial charge in [0.15, 0.2) is 6.10 Å². The van der Waals surface area contributed by atoms with Crippen LogP contribution in [-0.4, -0.2) is 37.2 Å². The van der Waals surface area contributed by atoms with Gasteiger partial charge >= 0.3 is 17.9 Å². The Morgan fingerprint density at radius 2 is 0.500 bits per heavy atom. The maximum absolute atomic E-state index is 12.8. The van der Waals surface area contributed by atoms with Crippen LogP contribution in [0.5, 0.6) is 0 Å². The van der Waals surface area contributed by atoms with Crippen LogP contribution in [-0.2, 0) is 28.6 Å². The van der Waals surface area contributed by atoms with E-state index in [1.807, 2.05) is 0 Å². The smallest absolute Gasteiger partial charge is 0.306 e. The summed E-state index contributed by atoms with van der Waals surface area (Å²) in [6.45, 7) is 6.66. The fourth-order valence-electron chi connectivity index (χ4n) is 9.03. The number of allylic oxidation sites excluding steroid dienone is 2. The molecule has 0 bridgehead atoms. The average molecular weight is 932 g/mol. The minimum Gasteiger partial charge on any atom is -0.462 e. The Kier molecular flexibility index (Phi) is 54.2. The molecule has 0 aromatic heterocycles. The number of hydrogen-bond donors (Lipinski definition) is 0. The highest BCUT2D eigenvalue weighted by molar-refractivity contribution is 5.71. The first kappa shape index (κ1) is 64.2. The molecule has 1 unspecified atom stereocenters. The van der Waals surface area contributed by atoms with Crippen LogP contribution < -0.4 is 0 Å². The van der Waals surface area contributed by atoms with Crippen LogP contribution in [0, 0.1) is 0 Å². The summed E-state index contributed by atoms with van der Waals surface area (Å²) in [5.74, 6) is -0.846. The molecule has 0 amide bonds. The van der Waals surface area contributed by atoms with Crippen LogP contribution >= 0.6 is 0 Å². The van der Waals surface area contributed by atoms with Crippen molar-refractivity contribution >= 4 is 17.9 Å². The Balaban J connectivity index is 4.10. The van der Waals surface area contributed by atoms with Gasteiger partial charge in [0.1, 0.15) is 13.2 Å². The number of hydrogen-bond acceptors (Lipinski definition) is 6. The van der Waals surface area contributed by atoms with Gasteiger partial charge in [-0.15, -0.1) is 0 Å². The van der Waals surface area contributed by atoms with Crippen LogP contribution in [0.4, 0.5) is 0 Å². The highest BCUT2D eigenvalue weighted by Crippen LogP contribution is 2.17. The van der Waals surface area contributed by atoms with E-state index in [2.05, 4.69) is 32.9 Å². The lowest BCUT2D eigenvalue weighted by molar-refractivity contribution is -0.167. The summed E-state index contributed by atoms with van der Waals surface area (Å²) in [7, 11) is 0. The third-order valence-corrected chi connectivity index (χ3v) is 13.5. The molecule has 0 saturated carbocycles. The van der Waals surface area contributed by atoms with Crippen molar-refractivity contribution in [3.63, 3.8) is 0 Å². The lowest BCUT2D eigenvalue weighted by Crippen LogP contribution is -2.30. The van der Waals surface area contributed by atoms with Crippen molar-refractivity contribution in [2.45, 2.75) is 341 Å². The van der Waals surface area contributed by atoms with Crippen molar-refractivity contribution in [1.29, 1.82) is 0 Å². The van der Waals surface area contributed by atoms with Crippen molar-refractivity contribution in [1.82, 2.24) is 0 Å². The lowest BCUT2D eigenvalue weighted by atomic mass is 10.0. The molecule has 0 rings (SSSR count). The fourth-order valence-corrected chi connectivity index (χ4v) is 9.03. The molecule has 0 aliphatic rings. The van der Waals surface area contributed by atoms with Gasteiger partial charge in [0.25, 0.3) is 0 Å². The van der Waals surface area contributed by atoms with Gasteiger partial charge in [0.2, 0.25) is 0 Å². The van der Waals surface area contributed by atoms with Gasteiger partial charge in [-0.2, -0.15) is 0 Å². The first-order valence-electron chi connectivity index (χ1n) is 29.7. The Bertz CT molecular complexity index is 1020. The normalized spacial score (nSPS) is 12.0. The predicted molar refractivity (Wildman–Crippen MR) is 284 cm³/mol. The highest BCUT2D eigenvalue weighted by Gasteiger charge is 2.19. The standard InChI is InChI=1S/C60H114O6/c1-4-7-10-13-16-19-21-23-25-26-27-28-29-30-31-32-33-34-36-37-39-41-44-47-50-53-59(62)65-56-57(55-64-58(61)52-49-46-43-18-15-12-9-6-3)66-60(63)54-51-48-45-42-40-38-35-24-22-20-17-14-11-8-5-2/h26-27,57H,4-25,28-56H2,1-3H3/b27-26-. The van der Waals surface area contributed by atoms with E-state index >= 15 is 0 Å². The maximum Gasteiger partial charge on any atom is 0.306 e. The molecule has 0 aromatic rings. The summed E-state index contributed by atoms with van der Waals surface area (Å²) in [6.07, 6.45) is 63.7. The number of rotatable bonds is 55. The first-order valence-corrected chi connectivity index (χ1v) is 29.7. The van der Waals surface area contributed by atoms with Gasteiger partial charge in [0, 0.05) is 19.3 Å². The summed E-state index contributed by atoms with van der Waals surface area (Å²) >= 11 is 0. The molecular formula is C60H114O6. The Hall–Kier alpha value is -1.85. The molecule has 0 aliphatic carbocycles. The van der Waals surface area contributed by atoms with Gasteiger partial charge in [-0.1, -0.05) is 283 Å². The van der Waals surface area contributed by atoms with E-state index in [9.17, 15) is 14.4 Å². The van der Waals surface area contributed by atoms with Gasteiger partial charge < -0.3 is 14.2 Å². The Labute approximate surface area is 411 Å². The maximum atomic E-state index is 12.8. The van der Waals surface area contributed by atoms with E-state index in [0.29, 0.717) is 19.3 Å². The van der Waals surface area contributed by atoms with E-state index in [1.54, 1.807) is 0 Å². The second kappa shape index (κ2) is 55.7. The zero-order valence-electron chi connectivity index (χ0n) is 44.7. The van der Waals surface area contributed by atoms with Gasteiger partial charge in [-0.05, 0) is 44.9 Å². The zero-order valence-corrected chi connectivity index (χ0v) is 44.7. The third kappa shape index (κ3) is 53.1. The highest BCUT2D eigenvalue weighted by atomic mass is 16.6. The number of unbranched alkanes of at least 4 members (excludes halogenated alkanes) is 42. The van der Waals surface area contributed by atoms with E-state index in [1.165, 1.54) is 238 Å². The van der Waals surface area contributed by atoms with Gasteiger partial charge in [0.05, 0.1) is 0 Å².